The molecule has 0 spiro atoms. The van der Waals surface area contributed by atoms with Crippen LogP contribution in [0, 0.1) is 6.92 Å². The van der Waals surface area contributed by atoms with Gasteiger partial charge in [0.2, 0.25) is 0 Å². The van der Waals surface area contributed by atoms with E-state index in [1.54, 1.807) is 0 Å². The van der Waals surface area contributed by atoms with Crippen molar-refractivity contribution in [1.29, 1.82) is 0 Å². The summed E-state index contributed by atoms with van der Waals surface area (Å²) in [4.78, 5) is 3.86. The Morgan fingerprint density at radius 2 is 2.27 bits per heavy atom. The molecule has 86 valence electrons. The van der Waals surface area contributed by atoms with E-state index in [1.807, 2.05) is 11.3 Å². The summed E-state index contributed by atoms with van der Waals surface area (Å²) >= 11 is 1.85. The SMILES string of the molecule is Cc1ccsc1CN(C)CCCC(C)N. The number of hydrogen-bond donors (Lipinski definition) is 1. The maximum absolute atomic E-state index is 5.72. The van der Waals surface area contributed by atoms with Crippen LogP contribution in [0.25, 0.3) is 0 Å². The Kier molecular flexibility index (Phi) is 5.29. The molecule has 1 heterocycles. The molecule has 0 aliphatic heterocycles. The Labute approximate surface area is 97.1 Å². The summed E-state index contributed by atoms with van der Waals surface area (Å²) in [6.45, 7) is 6.46. The second-order valence-corrected chi connectivity index (χ2v) is 5.38. The topological polar surface area (TPSA) is 29.3 Å². The monoisotopic (exact) mass is 226 g/mol. The number of hydrogen-bond acceptors (Lipinski definition) is 3. The molecule has 1 unspecified atom stereocenters. The molecule has 0 bridgehead atoms. The van der Waals surface area contributed by atoms with Crippen molar-refractivity contribution in [3.05, 3.63) is 21.9 Å². The van der Waals surface area contributed by atoms with Gasteiger partial charge in [-0.15, -0.1) is 11.3 Å². The molecule has 0 aliphatic rings. The van der Waals surface area contributed by atoms with Crippen LogP contribution in [0.1, 0.15) is 30.2 Å². The molecule has 0 saturated carbocycles. The maximum atomic E-state index is 5.72. The van der Waals surface area contributed by atoms with Gasteiger partial charge in [0.15, 0.2) is 0 Å². The van der Waals surface area contributed by atoms with Crippen molar-refractivity contribution in [1.82, 2.24) is 4.90 Å². The lowest BCUT2D eigenvalue weighted by atomic mass is 10.2. The predicted molar refractivity (Wildman–Crippen MR) is 68.3 cm³/mol. The van der Waals surface area contributed by atoms with Crippen LogP contribution < -0.4 is 5.73 Å². The van der Waals surface area contributed by atoms with Crippen molar-refractivity contribution >= 4 is 11.3 Å². The smallest absolute Gasteiger partial charge is 0.0327 e. The molecule has 1 aromatic heterocycles. The predicted octanol–water partition coefficient (Wildman–Crippen LogP) is 2.62. The summed E-state index contributed by atoms with van der Waals surface area (Å²) in [5.41, 5.74) is 7.14. The number of rotatable bonds is 6. The fourth-order valence-corrected chi connectivity index (χ4v) is 2.56. The first-order valence-electron chi connectivity index (χ1n) is 5.56. The summed E-state index contributed by atoms with van der Waals surface area (Å²) in [7, 11) is 2.18. The highest BCUT2D eigenvalue weighted by Crippen LogP contribution is 2.17. The summed E-state index contributed by atoms with van der Waals surface area (Å²) in [6, 6.07) is 2.53. The third-order valence-electron chi connectivity index (χ3n) is 2.58. The average Bonchev–Trinajstić information content (AvgIpc) is 2.51. The van der Waals surface area contributed by atoms with Gasteiger partial charge in [-0.2, -0.15) is 0 Å². The van der Waals surface area contributed by atoms with Crippen molar-refractivity contribution in [3.8, 4) is 0 Å². The minimum absolute atomic E-state index is 0.335. The first kappa shape index (κ1) is 12.7. The molecular formula is C12H22N2S. The van der Waals surface area contributed by atoms with Crippen LogP contribution in [0.2, 0.25) is 0 Å². The molecule has 1 aromatic rings. The van der Waals surface area contributed by atoms with Crippen molar-refractivity contribution in [3.63, 3.8) is 0 Å². The fraction of sp³-hybridized carbons (Fsp3) is 0.667. The molecule has 0 aromatic carbocycles. The van der Waals surface area contributed by atoms with Crippen LogP contribution in [-0.2, 0) is 6.54 Å². The van der Waals surface area contributed by atoms with Crippen LogP contribution in [-0.4, -0.2) is 24.5 Å². The lowest BCUT2D eigenvalue weighted by molar-refractivity contribution is 0.317. The standard InChI is InChI=1S/C12H22N2S/c1-10-6-8-15-12(10)9-14(3)7-4-5-11(2)13/h6,8,11H,4-5,7,9,13H2,1-3H3. The Morgan fingerprint density at radius 1 is 1.53 bits per heavy atom. The second-order valence-electron chi connectivity index (χ2n) is 4.38. The summed E-state index contributed by atoms with van der Waals surface area (Å²) in [5, 5.41) is 2.17. The van der Waals surface area contributed by atoms with E-state index in [0.29, 0.717) is 6.04 Å². The van der Waals surface area contributed by atoms with E-state index in [0.717, 1.165) is 19.5 Å². The van der Waals surface area contributed by atoms with Crippen molar-refractivity contribution in [2.24, 2.45) is 5.73 Å². The minimum Gasteiger partial charge on any atom is -0.328 e. The highest BCUT2D eigenvalue weighted by Gasteiger charge is 2.04. The summed E-state index contributed by atoms with van der Waals surface area (Å²) in [5.74, 6) is 0. The zero-order valence-electron chi connectivity index (χ0n) is 9.99. The molecule has 3 heteroatoms. The molecule has 2 nitrogen and oxygen atoms in total. The first-order valence-corrected chi connectivity index (χ1v) is 6.44. The van der Waals surface area contributed by atoms with E-state index in [-0.39, 0.29) is 0 Å². The Balaban J connectivity index is 2.24. The maximum Gasteiger partial charge on any atom is 0.0327 e. The fourth-order valence-electron chi connectivity index (χ4n) is 1.57. The number of aryl methyl sites for hydroxylation is 1. The normalized spacial score (nSPS) is 13.4. The largest absolute Gasteiger partial charge is 0.328 e. The molecule has 0 radical (unpaired) electrons. The Hall–Kier alpha value is -0.380. The van der Waals surface area contributed by atoms with Gasteiger partial charge in [-0.1, -0.05) is 0 Å². The first-order chi connectivity index (χ1) is 7.09. The quantitative estimate of drug-likeness (QED) is 0.808. The lowest BCUT2D eigenvalue weighted by Gasteiger charge is -2.16. The van der Waals surface area contributed by atoms with Gasteiger partial charge < -0.3 is 10.6 Å². The van der Waals surface area contributed by atoms with Gasteiger partial charge >= 0.3 is 0 Å². The van der Waals surface area contributed by atoms with Crippen molar-refractivity contribution < 1.29 is 0 Å². The molecule has 0 amide bonds. The molecule has 0 saturated heterocycles. The molecule has 1 atom stereocenters. The number of thiophene rings is 1. The zero-order valence-corrected chi connectivity index (χ0v) is 10.8. The number of nitrogens with two attached hydrogens (primary N) is 1. The van der Waals surface area contributed by atoms with Gasteiger partial charge in [-0.3, -0.25) is 0 Å². The van der Waals surface area contributed by atoms with Crippen LogP contribution >= 0.6 is 11.3 Å². The van der Waals surface area contributed by atoms with Gasteiger partial charge in [0.05, 0.1) is 0 Å². The third kappa shape index (κ3) is 4.78. The van der Waals surface area contributed by atoms with Crippen LogP contribution in [0.5, 0.6) is 0 Å². The average molecular weight is 226 g/mol. The van der Waals surface area contributed by atoms with E-state index >= 15 is 0 Å². The van der Waals surface area contributed by atoms with Gasteiger partial charge in [0, 0.05) is 17.5 Å². The van der Waals surface area contributed by atoms with Crippen LogP contribution in [0.4, 0.5) is 0 Å². The van der Waals surface area contributed by atoms with Crippen molar-refractivity contribution in [2.75, 3.05) is 13.6 Å². The van der Waals surface area contributed by atoms with Crippen LogP contribution in [0.15, 0.2) is 11.4 Å². The zero-order chi connectivity index (χ0) is 11.3. The summed E-state index contributed by atoms with van der Waals surface area (Å²) < 4.78 is 0. The van der Waals surface area contributed by atoms with Gasteiger partial charge in [-0.25, -0.2) is 0 Å². The highest BCUT2D eigenvalue weighted by molar-refractivity contribution is 7.10. The molecule has 1 rings (SSSR count). The van der Waals surface area contributed by atoms with E-state index in [2.05, 4.69) is 37.2 Å². The van der Waals surface area contributed by atoms with E-state index in [9.17, 15) is 0 Å². The van der Waals surface area contributed by atoms with Crippen molar-refractivity contribution in [2.45, 2.75) is 39.3 Å². The molecule has 0 aliphatic carbocycles. The van der Waals surface area contributed by atoms with Gasteiger partial charge in [-0.05, 0) is 57.3 Å². The highest BCUT2D eigenvalue weighted by atomic mass is 32.1. The van der Waals surface area contributed by atoms with E-state index < -0.39 is 0 Å². The lowest BCUT2D eigenvalue weighted by Crippen LogP contribution is -2.22. The van der Waals surface area contributed by atoms with E-state index in [1.165, 1.54) is 16.9 Å². The third-order valence-corrected chi connectivity index (χ3v) is 3.59. The Bertz CT molecular complexity index is 281. The van der Waals surface area contributed by atoms with Crippen LogP contribution in [0.3, 0.4) is 0 Å². The van der Waals surface area contributed by atoms with E-state index in [4.69, 9.17) is 5.73 Å². The molecular weight excluding hydrogens is 204 g/mol. The van der Waals surface area contributed by atoms with Gasteiger partial charge in [0.25, 0.3) is 0 Å². The Morgan fingerprint density at radius 3 is 2.80 bits per heavy atom. The molecule has 15 heavy (non-hydrogen) atoms. The summed E-state index contributed by atoms with van der Waals surface area (Å²) in [6.07, 6.45) is 2.31. The minimum atomic E-state index is 0.335. The molecule has 2 N–H and O–H groups in total. The second kappa shape index (κ2) is 6.26. The van der Waals surface area contributed by atoms with Gasteiger partial charge in [0.1, 0.15) is 0 Å². The number of nitrogens with zero attached hydrogens (tertiary/aromatic N) is 1. The molecule has 0 fully saturated rings.